The summed E-state index contributed by atoms with van der Waals surface area (Å²) in [5.74, 6) is 0.785. The molecule has 2 aliphatic rings. The SMILES string of the molecule is Cn1cc(CCNC(=O)CC2CC3CCC(C2)N3)cn1. The molecule has 2 saturated heterocycles. The van der Waals surface area contributed by atoms with Crippen LogP contribution in [0.5, 0.6) is 0 Å². The number of aryl methyl sites for hydroxylation is 1. The summed E-state index contributed by atoms with van der Waals surface area (Å²) < 4.78 is 1.79. The zero-order valence-electron chi connectivity index (χ0n) is 12.1. The van der Waals surface area contributed by atoms with Crippen molar-refractivity contribution in [2.24, 2.45) is 13.0 Å². The normalized spacial score (nSPS) is 28.6. The summed E-state index contributed by atoms with van der Waals surface area (Å²) in [5, 5.41) is 10.8. The molecule has 2 unspecified atom stereocenters. The number of aromatic nitrogens is 2. The Balaban J connectivity index is 1.37. The lowest BCUT2D eigenvalue weighted by Gasteiger charge is -2.28. The van der Waals surface area contributed by atoms with E-state index in [1.807, 2.05) is 19.4 Å². The van der Waals surface area contributed by atoms with E-state index in [-0.39, 0.29) is 5.91 Å². The third-order valence-corrected chi connectivity index (χ3v) is 4.54. The molecule has 20 heavy (non-hydrogen) atoms. The average molecular weight is 276 g/mol. The number of hydrogen-bond acceptors (Lipinski definition) is 3. The van der Waals surface area contributed by atoms with E-state index >= 15 is 0 Å². The van der Waals surface area contributed by atoms with Gasteiger partial charge in [-0.1, -0.05) is 0 Å². The molecule has 2 fully saturated rings. The average Bonchev–Trinajstić information content (AvgIpc) is 2.96. The molecule has 0 aliphatic carbocycles. The first-order chi connectivity index (χ1) is 9.69. The Morgan fingerprint density at radius 1 is 1.45 bits per heavy atom. The summed E-state index contributed by atoms with van der Waals surface area (Å²) in [5.41, 5.74) is 1.17. The highest BCUT2D eigenvalue weighted by atomic mass is 16.1. The van der Waals surface area contributed by atoms with Crippen LogP contribution >= 0.6 is 0 Å². The predicted octanol–water partition coefficient (Wildman–Crippen LogP) is 1.000. The summed E-state index contributed by atoms with van der Waals surface area (Å²) in [6.45, 7) is 0.711. The lowest BCUT2D eigenvalue weighted by Crippen LogP contribution is -2.39. The van der Waals surface area contributed by atoms with Gasteiger partial charge in [0.1, 0.15) is 0 Å². The molecule has 0 saturated carbocycles. The quantitative estimate of drug-likeness (QED) is 0.843. The van der Waals surface area contributed by atoms with Crippen molar-refractivity contribution >= 4 is 5.91 Å². The molecular formula is C15H24N4O. The molecule has 1 aromatic heterocycles. The maximum Gasteiger partial charge on any atom is 0.220 e. The molecule has 2 N–H and O–H groups in total. The number of carbonyl (C=O) groups excluding carboxylic acids is 1. The first-order valence-electron chi connectivity index (χ1n) is 7.69. The third-order valence-electron chi connectivity index (χ3n) is 4.54. The number of nitrogens with one attached hydrogen (secondary N) is 2. The second-order valence-corrected chi connectivity index (χ2v) is 6.30. The van der Waals surface area contributed by atoms with Crippen molar-refractivity contribution in [2.45, 2.75) is 50.6 Å². The zero-order valence-corrected chi connectivity index (χ0v) is 12.1. The van der Waals surface area contributed by atoms with Crippen molar-refractivity contribution in [2.75, 3.05) is 6.54 Å². The smallest absolute Gasteiger partial charge is 0.220 e. The second-order valence-electron chi connectivity index (χ2n) is 6.30. The van der Waals surface area contributed by atoms with Gasteiger partial charge < -0.3 is 10.6 Å². The Hall–Kier alpha value is -1.36. The number of piperidine rings is 1. The van der Waals surface area contributed by atoms with Crippen LogP contribution in [0.4, 0.5) is 0 Å². The van der Waals surface area contributed by atoms with Gasteiger partial charge in [-0.15, -0.1) is 0 Å². The fourth-order valence-electron chi connectivity index (χ4n) is 3.62. The van der Waals surface area contributed by atoms with Gasteiger partial charge in [-0.3, -0.25) is 9.48 Å². The summed E-state index contributed by atoms with van der Waals surface area (Å²) in [4.78, 5) is 12.0. The van der Waals surface area contributed by atoms with E-state index in [0.717, 1.165) is 6.42 Å². The lowest BCUT2D eigenvalue weighted by molar-refractivity contribution is -0.122. The maximum atomic E-state index is 12.0. The highest BCUT2D eigenvalue weighted by Gasteiger charge is 2.33. The van der Waals surface area contributed by atoms with Crippen LogP contribution in [0.1, 0.15) is 37.7 Å². The van der Waals surface area contributed by atoms with Crippen LogP contribution in [-0.4, -0.2) is 34.3 Å². The monoisotopic (exact) mass is 276 g/mol. The Morgan fingerprint density at radius 2 is 2.20 bits per heavy atom. The van der Waals surface area contributed by atoms with Crippen LogP contribution in [0, 0.1) is 5.92 Å². The molecule has 5 heteroatoms. The van der Waals surface area contributed by atoms with Crippen molar-refractivity contribution < 1.29 is 4.79 Å². The van der Waals surface area contributed by atoms with E-state index in [9.17, 15) is 4.79 Å². The molecule has 1 amide bonds. The van der Waals surface area contributed by atoms with E-state index in [1.54, 1.807) is 4.68 Å². The number of fused-ring (bicyclic) bond motifs is 2. The predicted molar refractivity (Wildman–Crippen MR) is 77.2 cm³/mol. The first kappa shape index (κ1) is 13.6. The molecule has 3 heterocycles. The molecular weight excluding hydrogens is 252 g/mol. The fourth-order valence-corrected chi connectivity index (χ4v) is 3.62. The highest BCUT2D eigenvalue weighted by Crippen LogP contribution is 2.32. The minimum Gasteiger partial charge on any atom is -0.356 e. The van der Waals surface area contributed by atoms with E-state index in [1.165, 1.54) is 31.2 Å². The summed E-state index contributed by atoms with van der Waals surface area (Å²) >= 11 is 0. The molecule has 1 aromatic rings. The van der Waals surface area contributed by atoms with Gasteiger partial charge in [-0.05, 0) is 43.6 Å². The number of hydrogen-bond donors (Lipinski definition) is 2. The molecule has 0 spiro atoms. The first-order valence-corrected chi connectivity index (χ1v) is 7.69. The van der Waals surface area contributed by atoms with Crippen LogP contribution < -0.4 is 10.6 Å². The van der Waals surface area contributed by atoms with Crippen molar-refractivity contribution in [1.29, 1.82) is 0 Å². The van der Waals surface area contributed by atoms with Gasteiger partial charge in [0, 0.05) is 38.3 Å². The van der Waals surface area contributed by atoms with Crippen LogP contribution in [-0.2, 0) is 18.3 Å². The molecule has 2 aliphatic heterocycles. The van der Waals surface area contributed by atoms with E-state index in [0.29, 0.717) is 31.0 Å². The summed E-state index contributed by atoms with van der Waals surface area (Å²) in [6.07, 6.45) is 10.3. The van der Waals surface area contributed by atoms with Crippen molar-refractivity contribution in [3.8, 4) is 0 Å². The van der Waals surface area contributed by atoms with Crippen molar-refractivity contribution in [1.82, 2.24) is 20.4 Å². The molecule has 2 atom stereocenters. The Morgan fingerprint density at radius 3 is 2.85 bits per heavy atom. The number of rotatable bonds is 5. The van der Waals surface area contributed by atoms with Crippen LogP contribution in [0.3, 0.4) is 0 Å². The van der Waals surface area contributed by atoms with Crippen LogP contribution in [0.2, 0.25) is 0 Å². The molecule has 2 bridgehead atoms. The van der Waals surface area contributed by atoms with Gasteiger partial charge in [-0.2, -0.15) is 5.10 Å². The van der Waals surface area contributed by atoms with Gasteiger partial charge >= 0.3 is 0 Å². The van der Waals surface area contributed by atoms with E-state index < -0.39 is 0 Å². The van der Waals surface area contributed by atoms with Crippen LogP contribution in [0.15, 0.2) is 12.4 Å². The van der Waals surface area contributed by atoms with Gasteiger partial charge in [0.05, 0.1) is 6.20 Å². The Labute approximate surface area is 120 Å². The minimum atomic E-state index is 0.209. The van der Waals surface area contributed by atoms with E-state index in [4.69, 9.17) is 0 Å². The van der Waals surface area contributed by atoms with Gasteiger partial charge in [0.25, 0.3) is 0 Å². The summed E-state index contributed by atoms with van der Waals surface area (Å²) in [6, 6.07) is 1.34. The topological polar surface area (TPSA) is 59.0 Å². The highest BCUT2D eigenvalue weighted by molar-refractivity contribution is 5.76. The zero-order chi connectivity index (χ0) is 13.9. The van der Waals surface area contributed by atoms with Crippen molar-refractivity contribution in [3.05, 3.63) is 18.0 Å². The largest absolute Gasteiger partial charge is 0.356 e. The Bertz CT molecular complexity index is 458. The fraction of sp³-hybridized carbons (Fsp3) is 0.733. The summed E-state index contributed by atoms with van der Waals surface area (Å²) in [7, 11) is 1.91. The van der Waals surface area contributed by atoms with Gasteiger partial charge in [-0.25, -0.2) is 0 Å². The minimum absolute atomic E-state index is 0.209. The van der Waals surface area contributed by atoms with E-state index in [2.05, 4.69) is 15.7 Å². The standard InChI is InChI=1S/C15H24N4O/c1-19-10-11(9-17-19)4-5-16-15(20)8-12-6-13-2-3-14(7-12)18-13/h9-10,12-14,18H,2-8H2,1H3,(H,16,20). The molecule has 0 radical (unpaired) electrons. The lowest BCUT2D eigenvalue weighted by atomic mass is 9.89. The van der Waals surface area contributed by atoms with Crippen molar-refractivity contribution in [3.63, 3.8) is 0 Å². The third kappa shape index (κ3) is 3.39. The maximum absolute atomic E-state index is 12.0. The Kier molecular flexibility index (Phi) is 4.05. The number of amides is 1. The second kappa shape index (κ2) is 5.95. The molecule has 5 nitrogen and oxygen atoms in total. The number of carbonyl (C=O) groups is 1. The number of nitrogens with zero attached hydrogens (tertiary/aromatic N) is 2. The molecule has 110 valence electrons. The molecule has 0 aromatic carbocycles. The molecule has 3 rings (SSSR count). The van der Waals surface area contributed by atoms with Gasteiger partial charge in [0.15, 0.2) is 0 Å². The van der Waals surface area contributed by atoms with Crippen LogP contribution in [0.25, 0.3) is 0 Å². The van der Waals surface area contributed by atoms with Gasteiger partial charge in [0.2, 0.25) is 5.91 Å².